The molecule has 0 bridgehead atoms. The van der Waals surface area contributed by atoms with E-state index in [1.165, 1.54) is 18.2 Å². The Balaban J connectivity index is 1.94. The van der Waals surface area contributed by atoms with Crippen molar-refractivity contribution in [3.05, 3.63) is 33.8 Å². The minimum Gasteiger partial charge on any atom is -0.393 e. The van der Waals surface area contributed by atoms with Gasteiger partial charge in [-0.15, -0.1) is 0 Å². The van der Waals surface area contributed by atoms with Crippen molar-refractivity contribution in [3.63, 3.8) is 0 Å². The van der Waals surface area contributed by atoms with Gasteiger partial charge >= 0.3 is 0 Å². The molecule has 1 aliphatic carbocycles. The molecule has 1 aromatic carbocycles. The summed E-state index contributed by atoms with van der Waals surface area (Å²) in [5, 5.41) is 23.1. The summed E-state index contributed by atoms with van der Waals surface area (Å²) in [6.45, 7) is 0.366. The third-order valence-corrected chi connectivity index (χ3v) is 4.04. The number of carbonyl (C=O) groups is 1. The molecular weight excluding hydrogens is 301 g/mol. The summed E-state index contributed by atoms with van der Waals surface area (Å²) in [5.41, 5.74) is 0.354. The van der Waals surface area contributed by atoms with Gasteiger partial charge in [-0.25, -0.2) is 0 Å². The first-order chi connectivity index (χ1) is 9.47. The molecule has 110 valence electrons. The van der Waals surface area contributed by atoms with Crippen LogP contribution >= 0.6 is 23.2 Å². The second-order valence-electron chi connectivity index (χ2n) is 5.11. The quantitative estimate of drug-likeness (QED) is 0.798. The van der Waals surface area contributed by atoms with Gasteiger partial charge in [0.1, 0.15) is 0 Å². The molecule has 1 saturated carbocycles. The van der Waals surface area contributed by atoms with Crippen molar-refractivity contribution in [1.29, 1.82) is 0 Å². The number of aliphatic hydroxyl groups is 2. The lowest BCUT2D eigenvalue weighted by Gasteiger charge is -2.17. The van der Waals surface area contributed by atoms with Crippen molar-refractivity contribution < 1.29 is 15.0 Å². The Morgan fingerprint density at radius 3 is 2.50 bits per heavy atom. The third-order valence-electron chi connectivity index (χ3n) is 3.61. The van der Waals surface area contributed by atoms with E-state index in [9.17, 15) is 15.0 Å². The summed E-state index contributed by atoms with van der Waals surface area (Å²) in [5.74, 6) is -0.448. The molecule has 20 heavy (non-hydrogen) atoms. The average molecular weight is 318 g/mol. The molecule has 0 aromatic heterocycles. The van der Waals surface area contributed by atoms with Crippen LogP contribution in [0.25, 0.3) is 0 Å². The van der Waals surface area contributed by atoms with Gasteiger partial charge in [0.05, 0.1) is 6.10 Å². The Hall–Kier alpha value is -0.810. The molecule has 3 unspecified atom stereocenters. The van der Waals surface area contributed by atoms with E-state index in [0.29, 0.717) is 22.2 Å². The van der Waals surface area contributed by atoms with Gasteiger partial charge in [-0.05, 0) is 36.6 Å². The number of hydrogen-bond donors (Lipinski definition) is 3. The average Bonchev–Trinajstić information content (AvgIpc) is 2.79. The molecule has 0 radical (unpaired) electrons. The SMILES string of the molecule is O=C(NCC1CCCC1O)C(O)c1cc(Cl)cc(Cl)c1. The van der Waals surface area contributed by atoms with Gasteiger partial charge in [-0.1, -0.05) is 29.6 Å². The molecule has 1 fully saturated rings. The van der Waals surface area contributed by atoms with Gasteiger partial charge in [0, 0.05) is 22.5 Å². The second kappa shape index (κ2) is 6.76. The first-order valence-electron chi connectivity index (χ1n) is 6.57. The minimum absolute atomic E-state index is 0.0640. The normalized spacial score (nSPS) is 23.6. The van der Waals surface area contributed by atoms with E-state index < -0.39 is 12.0 Å². The maximum atomic E-state index is 11.9. The fraction of sp³-hybridized carbons (Fsp3) is 0.500. The zero-order valence-corrected chi connectivity index (χ0v) is 12.4. The fourth-order valence-electron chi connectivity index (χ4n) is 2.47. The number of halogens is 2. The highest BCUT2D eigenvalue weighted by Crippen LogP contribution is 2.26. The summed E-state index contributed by atoms with van der Waals surface area (Å²) < 4.78 is 0. The lowest BCUT2D eigenvalue weighted by Crippen LogP contribution is -2.35. The monoisotopic (exact) mass is 317 g/mol. The van der Waals surface area contributed by atoms with Crippen LogP contribution in [0.3, 0.4) is 0 Å². The van der Waals surface area contributed by atoms with Crippen LogP contribution in [0, 0.1) is 5.92 Å². The first kappa shape index (κ1) is 15.6. The van der Waals surface area contributed by atoms with Gasteiger partial charge in [-0.3, -0.25) is 4.79 Å². The summed E-state index contributed by atoms with van der Waals surface area (Å²) >= 11 is 11.7. The van der Waals surface area contributed by atoms with Gasteiger partial charge in [-0.2, -0.15) is 0 Å². The van der Waals surface area contributed by atoms with Crippen LogP contribution in [0.15, 0.2) is 18.2 Å². The molecule has 0 saturated heterocycles. The van der Waals surface area contributed by atoms with Gasteiger partial charge in [0.25, 0.3) is 5.91 Å². The highest BCUT2D eigenvalue weighted by molar-refractivity contribution is 6.34. The van der Waals surface area contributed by atoms with Gasteiger partial charge in [0.15, 0.2) is 6.10 Å². The van der Waals surface area contributed by atoms with Crippen LogP contribution in [0.4, 0.5) is 0 Å². The highest BCUT2D eigenvalue weighted by atomic mass is 35.5. The maximum Gasteiger partial charge on any atom is 0.253 e. The topological polar surface area (TPSA) is 69.6 Å². The smallest absolute Gasteiger partial charge is 0.253 e. The van der Waals surface area contributed by atoms with Crippen LogP contribution in [0.1, 0.15) is 30.9 Å². The number of benzene rings is 1. The van der Waals surface area contributed by atoms with Crippen molar-refractivity contribution in [1.82, 2.24) is 5.32 Å². The van der Waals surface area contributed by atoms with Crippen LogP contribution in [0.2, 0.25) is 10.0 Å². The predicted molar refractivity (Wildman–Crippen MR) is 77.8 cm³/mol. The zero-order valence-electron chi connectivity index (χ0n) is 10.9. The lowest BCUT2D eigenvalue weighted by atomic mass is 10.1. The molecule has 1 aliphatic rings. The zero-order chi connectivity index (χ0) is 14.7. The number of nitrogens with one attached hydrogen (secondary N) is 1. The summed E-state index contributed by atoms with van der Waals surface area (Å²) in [7, 11) is 0. The van der Waals surface area contributed by atoms with Crippen molar-refractivity contribution in [3.8, 4) is 0 Å². The number of amides is 1. The van der Waals surface area contributed by atoms with Crippen LogP contribution in [-0.2, 0) is 4.79 Å². The Morgan fingerprint density at radius 1 is 1.30 bits per heavy atom. The van der Waals surface area contributed by atoms with E-state index in [4.69, 9.17) is 23.2 Å². The van der Waals surface area contributed by atoms with E-state index in [0.717, 1.165) is 19.3 Å². The summed E-state index contributed by atoms with van der Waals surface area (Å²) in [6.07, 6.45) is 0.944. The molecule has 0 heterocycles. The van der Waals surface area contributed by atoms with E-state index in [2.05, 4.69) is 5.32 Å². The van der Waals surface area contributed by atoms with Crippen molar-refractivity contribution in [2.24, 2.45) is 5.92 Å². The molecule has 3 N–H and O–H groups in total. The molecule has 6 heteroatoms. The number of carbonyl (C=O) groups excluding carboxylic acids is 1. The van der Waals surface area contributed by atoms with Crippen molar-refractivity contribution >= 4 is 29.1 Å². The lowest BCUT2D eigenvalue weighted by molar-refractivity contribution is -0.129. The maximum absolute atomic E-state index is 11.9. The number of hydrogen-bond acceptors (Lipinski definition) is 3. The Bertz CT molecular complexity index is 475. The molecule has 2 rings (SSSR count). The number of rotatable bonds is 4. The molecule has 1 aromatic rings. The molecule has 1 amide bonds. The summed E-state index contributed by atoms with van der Waals surface area (Å²) in [6, 6.07) is 4.54. The van der Waals surface area contributed by atoms with Crippen molar-refractivity contribution in [2.45, 2.75) is 31.5 Å². The predicted octanol–water partition coefficient (Wildman–Crippen LogP) is 2.30. The molecule has 0 spiro atoms. The standard InChI is InChI=1S/C14H17Cl2NO3/c15-10-4-9(5-11(16)6-10)13(19)14(20)17-7-8-2-1-3-12(8)18/h4-6,8,12-13,18-19H,1-3,7H2,(H,17,20). The molecule has 4 nitrogen and oxygen atoms in total. The summed E-state index contributed by atoms with van der Waals surface area (Å²) in [4.78, 5) is 11.9. The van der Waals surface area contributed by atoms with E-state index in [1.807, 2.05) is 0 Å². The van der Waals surface area contributed by atoms with Crippen LogP contribution < -0.4 is 5.32 Å². The molecule has 0 aliphatic heterocycles. The highest BCUT2D eigenvalue weighted by Gasteiger charge is 2.26. The van der Waals surface area contributed by atoms with Crippen molar-refractivity contribution in [2.75, 3.05) is 6.54 Å². The van der Waals surface area contributed by atoms with E-state index in [-0.39, 0.29) is 12.0 Å². The van der Waals surface area contributed by atoms with Crippen LogP contribution in [0.5, 0.6) is 0 Å². The largest absolute Gasteiger partial charge is 0.393 e. The van der Waals surface area contributed by atoms with Crippen LogP contribution in [-0.4, -0.2) is 28.8 Å². The van der Waals surface area contributed by atoms with Gasteiger partial charge in [0.2, 0.25) is 0 Å². The van der Waals surface area contributed by atoms with E-state index >= 15 is 0 Å². The number of aliphatic hydroxyl groups excluding tert-OH is 2. The Kier molecular flexibility index (Phi) is 5.27. The fourth-order valence-corrected chi connectivity index (χ4v) is 3.01. The first-order valence-corrected chi connectivity index (χ1v) is 7.33. The second-order valence-corrected chi connectivity index (χ2v) is 5.98. The molecule has 3 atom stereocenters. The Labute approximate surface area is 127 Å². The minimum atomic E-state index is -1.32. The van der Waals surface area contributed by atoms with E-state index in [1.54, 1.807) is 0 Å². The molecular formula is C14H17Cl2NO3. The van der Waals surface area contributed by atoms with Gasteiger partial charge < -0.3 is 15.5 Å². The third kappa shape index (κ3) is 3.85. The Morgan fingerprint density at radius 2 is 1.95 bits per heavy atom.